The fourth-order valence-corrected chi connectivity index (χ4v) is 1.79. The van der Waals surface area contributed by atoms with Crippen LogP contribution in [0.15, 0.2) is 18.2 Å². The quantitative estimate of drug-likeness (QED) is 0.656. The number of carbonyl (C=O) groups is 2. The maximum atomic E-state index is 11.0. The molecule has 0 radical (unpaired) electrons. The van der Waals surface area contributed by atoms with Crippen molar-refractivity contribution in [3.05, 3.63) is 34.9 Å². The molecule has 0 aliphatic carbocycles. The molecule has 0 unspecified atom stereocenters. The van der Waals surface area contributed by atoms with Crippen LogP contribution < -0.4 is 10.2 Å². The van der Waals surface area contributed by atoms with Crippen LogP contribution >= 0.6 is 0 Å². The monoisotopic (exact) mass is 234 g/mol. The number of aromatic carboxylic acids is 2. The lowest BCUT2D eigenvalue weighted by molar-refractivity contribution is -0.259. The minimum atomic E-state index is -1.48. The van der Waals surface area contributed by atoms with Gasteiger partial charge in [-0.3, -0.25) is 0 Å². The summed E-state index contributed by atoms with van der Waals surface area (Å²) in [4.78, 5) is 21.8. The smallest absolute Gasteiger partial charge is 0.0724 e. The molecule has 1 aromatic rings. The summed E-state index contributed by atoms with van der Waals surface area (Å²) in [5.41, 5.74) is -0.0530. The van der Waals surface area contributed by atoms with Crippen LogP contribution in [-0.2, 0) is 6.42 Å². The summed E-state index contributed by atoms with van der Waals surface area (Å²) in [5, 5.41) is 21.8. The highest BCUT2D eigenvalue weighted by molar-refractivity contribution is 6.01. The molecule has 0 aromatic heterocycles. The lowest BCUT2D eigenvalue weighted by atomic mass is 9.97. The average molecular weight is 234 g/mol. The van der Waals surface area contributed by atoms with Crippen LogP contribution in [0.25, 0.3) is 0 Å². The van der Waals surface area contributed by atoms with Crippen LogP contribution in [0.3, 0.4) is 0 Å². The zero-order valence-electron chi connectivity index (χ0n) is 9.69. The van der Waals surface area contributed by atoms with Crippen molar-refractivity contribution in [3.63, 3.8) is 0 Å². The van der Waals surface area contributed by atoms with Gasteiger partial charge in [0.2, 0.25) is 0 Å². The van der Waals surface area contributed by atoms with E-state index in [1.165, 1.54) is 12.1 Å². The number of aryl methyl sites for hydroxylation is 1. The summed E-state index contributed by atoms with van der Waals surface area (Å²) in [6.45, 7) is 2.04. The molecule has 17 heavy (non-hydrogen) atoms. The van der Waals surface area contributed by atoms with E-state index in [0.29, 0.717) is 12.0 Å². The van der Waals surface area contributed by atoms with Crippen LogP contribution in [-0.4, -0.2) is 11.9 Å². The first-order valence-corrected chi connectivity index (χ1v) is 5.62. The van der Waals surface area contributed by atoms with Gasteiger partial charge in [-0.05, 0) is 18.4 Å². The van der Waals surface area contributed by atoms with Gasteiger partial charge >= 0.3 is 0 Å². The Balaban J connectivity index is 3.07. The topological polar surface area (TPSA) is 80.3 Å². The number of unbranched alkanes of at least 4 members (excludes halogenated alkanes) is 2. The molecule has 0 N–H and O–H groups in total. The van der Waals surface area contributed by atoms with Gasteiger partial charge in [0.05, 0.1) is 11.9 Å². The second-order valence-electron chi connectivity index (χ2n) is 3.87. The first-order valence-electron chi connectivity index (χ1n) is 5.62. The summed E-state index contributed by atoms with van der Waals surface area (Å²) in [6.07, 6.45) is 3.36. The fourth-order valence-electron chi connectivity index (χ4n) is 1.79. The van der Waals surface area contributed by atoms with Gasteiger partial charge in [0.1, 0.15) is 0 Å². The molecule has 92 valence electrons. The van der Waals surface area contributed by atoms with Gasteiger partial charge in [-0.2, -0.15) is 0 Å². The van der Waals surface area contributed by atoms with Crippen molar-refractivity contribution in [2.24, 2.45) is 0 Å². The van der Waals surface area contributed by atoms with E-state index < -0.39 is 11.9 Å². The van der Waals surface area contributed by atoms with Crippen molar-refractivity contribution in [2.75, 3.05) is 0 Å². The van der Waals surface area contributed by atoms with E-state index in [2.05, 4.69) is 0 Å². The first-order chi connectivity index (χ1) is 8.07. The summed E-state index contributed by atoms with van der Waals surface area (Å²) in [7, 11) is 0. The highest BCUT2D eigenvalue weighted by Gasteiger charge is 2.09. The molecule has 0 heterocycles. The number of rotatable bonds is 6. The molecule has 0 amide bonds. The Hall–Kier alpha value is -1.84. The molecule has 4 nitrogen and oxygen atoms in total. The van der Waals surface area contributed by atoms with Crippen LogP contribution in [0.5, 0.6) is 0 Å². The fraction of sp³-hybridized carbons (Fsp3) is 0.385. The molecule has 0 bridgehead atoms. The molecule has 0 spiro atoms. The third-order valence-corrected chi connectivity index (χ3v) is 2.62. The largest absolute Gasteiger partial charge is 0.545 e. The maximum Gasteiger partial charge on any atom is 0.0724 e. The molecule has 0 saturated carbocycles. The molecule has 1 aromatic carbocycles. The van der Waals surface area contributed by atoms with E-state index in [1.807, 2.05) is 6.92 Å². The second-order valence-corrected chi connectivity index (χ2v) is 3.87. The van der Waals surface area contributed by atoms with Gasteiger partial charge < -0.3 is 19.8 Å². The maximum absolute atomic E-state index is 11.0. The molecule has 0 atom stereocenters. The highest BCUT2D eigenvalue weighted by Crippen LogP contribution is 2.16. The lowest BCUT2D eigenvalue weighted by Crippen LogP contribution is -2.31. The lowest BCUT2D eigenvalue weighted by Gasteiger charge is -2.16. The number of carbonyl (C=O) groups excluding carboxylic acids is 2. The van der Waals surface area contributed by atoms with Crippen molar-refractivity contribution >= 4 is 11.9 Å². The Bertz CT molecular complexity index is 423. The van der Waals surface area contributed by atoms with Crippen LogP contribution in [0.4, 0.5) is 0 Å². The summed E-state index contributed by atoms with van der Waals surface area (Å²) >= 11 is 0. The van der Waals surface area contributed by atoms with Gasteiger partial charge in [0, 0.05) is 11.1 Å². The Kier molecular flexibility index (Phi) is 4.69. The molecular formula is C13H14O4-2. The SMILES string of the molecule is CCCCCc1cccc(C(=O)[O-])c1C(=O)[O-]. The van der Waals surface area contributed by atoms with Gasteiger partial charge in [-0.25, -0.2) is 0 Å². The molecule has 4 heteroatoms. The molecule has 0 saturated heterocycles. The van der Waals surface area contributed by atoms with Gasteiger partial charge in [-0.1, -0.05) is 38.0 Å². The van der Waals surface area contributed by atoms with E-state index in [1.54, 1.807) is 6.07 Å². The van der Waals surface area contributed by atoms with Gasteiger partial charge in [0.15, 0.2) is 0 Å². The third-order valence-electron chi connectivity index (χ3n) is 2.62. The summed E-state index contributed by atoms with van der Waals surface area (Å²) in [6, 6.07) is 4.37. The third kappa shape index (κ3) is 3.31. The van der Waals surface area contributed by atoms with Gasteiger partial charge in [0.25, 0.3) is 0 Å². The van der Waals surface area contributed by atoms with Crippen LogP contribution in [0.2, 0.25) is 0 Å². The molecule has 0 fully saturated rings. The van der Waals surface area contributed by atoms with Crippen molar-refractivity contribution < 1.29 is 19.8 Å². The van der Waals surface area contributed by atoms with Crippen LogP contribution in [0.1, 0.15) is 52.5 Å². The highest BCUT2D eigenvalue weighted by atomic mass is 16.4. The van der Waals surface area contributed by atoms with E-state index in [4.69, 9.17) is 0 Å². The van der Waals surface area contributed by atoms with Crippen molar-refractivity contribution in [1.29, 1.82) is 0 Å². The standard InChI is InChI=1S/C13H16O4/c1-2-3-4-6-9-7-5-8-10(12(14)15)11(9)13(16)17/h5,7-8H,2-4,6H2,1H3,(H,14,15)(H,16,17)/p-2. The van der Waals surface area contributed by atoms with E-state index in [9.17, 15) is 19.8 Å². The second kappa shape index (κ2) is 6.03. The Morgan fingerprint density at radius 3 is 2.35 bits per heavy atom. The zero-order valence-corrected chi connectivity index (χ0v) is 9.69. The van der Waals surface area contributed by atoms with E-state index >= 15 is 0 Å². The Morgan fingerprint density at radius 2 is 1.82 bits per heavy atom. The molecular weight excluding hydrogens is 220 g/mol. The molecule has 0 aliphatic heterocycles. The number of hydrogen-bond acceptors (Lipinski definition) is 4. The zero-order chi connectivity index (χ0) is 12.8. The van der Waals surface area contributed by atoms with Crippen molar-refractivity contribution in [3.8, 4) is 0 Å². The van der Waals surface area contributed by atoms with Crippen molar-refractivity contribution in [2.45, 2.75) is 32.6 Å². The molecule has 1 rings (SSSR count). The van der Waals surface area contributed by atoms with E-state index in [0.717, 1.165) is 19.3 Å². The predicted molar refractivity (Wildman–Crippen MR) is 58.3 cm³/mol. The number of benzene rings is 1. The molecule has 0 aliphatic rings. The van der Waals surface area contributed by atoms with E-state index in [-0.39, 0.29) is 11.1 Å². The average Bonchev–Trinajstić information content (AvgIpc) is 2.28. The summed E-state index contributed by atoms with van der Waals surface area (Å²) < 4.78 is 0. The first kappa shape index (κ1) is 13.2. The van der Waals surface area contributed by atoms with Crippen molar-refractivity contribution in [1.82, 2.24) is 0 Å². The Morgan fingerprint density at radius 1 is 1.12 bits per heavy atom. The number of carboxylic acids is 2. The number of hydrogen-bond donors (Lipinski definition) is 0. The van der Waals surface area contributed by atoms with Gasteiger partial charge in [-0.15, -0.1) is 0 Å². The Labute approximate surface area is 99.9 Å². The predicted octanol–water partition coefficient (Wildman–Crippen LogP) is 0.146. The minimum absolute atomic E-state index is 0.247. The minimum Gasteiger partial charge on any atom is -0.545 e. The van der Waals surface area contributed by atoms with Crippen LogP contribution in [0, 0.1) is 0 Å². The number of carboxylic acid groups (broad SMARTS) is 2. The summed E-state index contributed by atoms with van der Waals surface area (Å²) in [5.74, 6) is -2.95. The normalized spacial score (nSPS) is 10.2.